The van der Waals surface area contributed by atoms with E-state index in [1.54, 1.807) is 0 Å². The van der Waals surface area contributed by atoms with Crippen molar-refractivity contribution in [1.82, 2.24) is 0 Å². The van der Waals surface area contributed by atoms with Gasteiger partial charge < -0.3 is 15.2 Å². The summed E-state index contributed by atoms with van der Waals surface area (Å²) in [6, 6.07) is 8.22. The molecule has 1 unspecified atom stereocenters. The van der Waals surface area contributed by atoms with Crippen LogP contribution in [0.4, 0.5) is 0 Å². The van der Waals surface area contributed by atoms with Crippen LogP contribution in [0.15, 0.2) is 24.3 Å². The van der Waals surface area contributed by atoms with Gasteiger partial charge in [-0.3, -0.25) is 0 Å². The minimum absolute atomic E-state index is 0.534. The molecule has 0 aromatic heterocycles. The molecule has 3 heteroatoms. The third kappa shape index (κ3) is 2.70. The van der Waals surface area contributed by atoms with E-state index in [1.807, 2.05) is 12.1 Å². The Morgan fingerprint density at radius 2 is 2.40 bits per heavy atom. The van der Waals surface area contributed by atoms with Crippen LogP contribution in [-0.4, -0.2) is 26.4 Å². The van der Waals surface area contributed by atoms with Crippen LogP contribution in [0.3, 0.4) is 0 Å². The quantitative estimate of drug-likeness (QED) is 0.814. The second kappa shape index (κ2) is 5.14. The topological polar surface area (TPSA) is 44.5 Å². The zero-order chi connectivity index (χ0) is 10.5. The Labute approximate surface area is 90.2 Å². The lowest BCUT2D eigenvalue weighted by Gasteiger charge is -2.10. The first kappa shape index (κ1) is 10.5. The Morgan fingerprint density at radius 3 is 3.13 bits per heavy atom. The van der Waals surface area contributed by atoms with E-state index in [0.29, 0.717) is 19.1 Å². The Hall–Kier alpha value is -1.06. The summed E-state index contributed by atoms with van der Waals surface area (Å²) in [5.74, 6) is 1.44. The summed E-state index contributed by atoms with van der Waals surface area (Å²) < 4.78 is 10.9. The van der Waals surface area contributed by atoms with Crippen LogP contribution in [0.25, 0.3) is 0 Å². The monoisotopic (exact) mass is 207 g/mol. The first-order valence-corrected chi connectivity index (χ1v) is 5.40. The van der Waals surface area contributed by atoms with Crippen molar-refractivity contribution in [2.24, 2.45) is 5.73 Å². The fraction of sp³-hybridized carbons (Fsp3) is 0.500. The van der Waals surface area contributed by atoms with E-state index in [9.17, 15) is 0 Å². The summed E-state index contributed by atoms with van der Waals surface area (Å²) in [7, 11) is 0. The molecule has 0 bridgehead atoms. The number of hydrogen-bond donors (Lipinski definition) is 1. The van der Waals surface area contributed by atoms with Gasteiger partial charge >= 0.3 is 0 Å². The fourth-order valence-electron chi connectivity index (χ4n) is 1.83. The molecule has 15 heavy (non-hydrogen) atoms. The van der Waals surface area contributed by atoms with Crippen molar-refractivity contribution in [1.29, 1.82) is 0 Å². The Balaban J connectivity index is 2.04. The lowest BCUT2D eigenvalue weighted by molar-refractivity contribution is 0.194. The van der Waals surface area contributed by atoms with Crippen LogP contribution in [-0.2, 0) is 4.74 Å². The van der Waals surface area contributed by atoms with Gasteiger partial charge in [0.1, 0.15) is 12.4 Å². The van der Waals surface area contributed by atoms with Crippen LogP contribution < -0.4 is 10.5 Å². The summed E-state index contributed by atoms with van der Waals surface area (Å²) >= 11 is 0. The first-order chi connectivity index (χ1) is 7.40. The molecule has 3 nitrogen and oxygen atoms in total. The van der Waals surface area contributed by atoms with E-state index in [-0.39, 0.29) is 0 Å². The van der Waals surface area contributed by atoms with Gasteiger partial charge in [0.25, 0.3) is 0 Å². The lowest BCUT2D eigenvalue weighted by atomic mass is 9.98. The molecule has 0 saturated carbocycles. The van der Waals surface area contributed by atoms with Gasteiger partial charge in [-0.25, -0.2) is 0 Å². The molecule has 0 radical (unpaired) electrons. The van der Waals surface area contributed by atoms with E-state index >= 15 is 0 Å². The average molecular weight is 207 g/mol. The van der Waals surface area contributed by atoms with E-state index in [0.717, 1.165) is 25.4 Å². The predicted octanol–water partition coefficient (Wildman–Crippen LogP) is 1.53. The third-order valence-electron chi connectivity index (χ3n) is 2.65. The van der Waals surface area contributed by atoms with Gasteiger partial charge in [0, 0.05) is 19.1 Å². The molecule has 2 N–H and O–H groups in total. The highest BCUT2D eigenvalue weighted by Gasteiger charge is 2.17. The van der Waals surface area contributed by atoms with Gasteiger partial charge in [-0.2, -0.15) is 0 Å². The van der Waals surface area contributed by atoms with Gasteiger partial charge in [0.2, 0.25) is 0 Å². The molecule has 0 spiro atoms. The Kier molecular flexibility index (Phi) is 3.59. The van der Waals surface area contributed by atoms with Gasteiger partial charge in [-0.05, 0) is 24.1 Å². The van der Waals surface area contributed by atoms with Crippen LogP contribution >= 0.6 is 0 Å². The lowest BCUT2D eigenvalue weighted by Crippen LogP contribution is -2.10. The van der Waals surface area contributed by atoms with Gasteiger partial charge in [-0.1, -0.05) is 12.1 Å². The summed E-state index contributed by atoms with van der Waals surface area (Å²) in [5, 5.41) is 0. The maximum atomic E-state index is 5.49. The molecule has 1 heterocycles. The highest BCUT2D eigenvalue weighted by atomic mass is 16.5. The van der Waals surface area contributed by atoms with Crippen molar-refractivity contribution in [3.05, 3.63) is 29.8 Å². The van der Waals surface area contributed by atoms with Crippen molar-refractivity contribution in [2.45, 2.75) is 12.3 Å². The largest absolute Gasteiger partial charge is 0.492 e. The molecular weight excluding hydrogens is 190 g/mol. The molecule has 2 rings (SSSR count). The zero-order valence-electron chi connectivity index (χ0n) is 8.82. The Morgan fingerprint density at radius 1 is 1.47 bits per heavy atom. The molecule has 82 valence electrons. The summed E-state index contributed by atoms with van der Waals surface area (Å²) in [6.45, 7) is 2.83. The van der Waals surface area contributed by atoms with Crippen molar-refractivity contribution >= 4 is 0 Å². The van der Waals surface area contributed by atoms with Gasteiger partial charge in [0.05, 0.1) is 6.61 Å². The maximum absolute atomic E-state index is 5.49. The number of benzene rings is 1. The second-order valence-corrected chi connectivity index (χ2v) is 3.77. The average Bonchev–Trinajstić information content (AvgIpc) is 2.80. The molecule has 0 amide bonds. The van der Waals surface area contributed by atoms with Crippen LogP contribution in [0.2, 0.25) is 0 Å². The normalized spacial score (nSPS) is 20.5. The van der Waals surface area contributed by atoms with E-state index in [1.165, 1.54) is 5.56 Å². The van der Waals surface area contributed by atoms with E-state index in [4.69, 9.17) is 15.2 Å². The highest BCUT2D eigenvalue weighted by Crippen LogP contribution is 2.27. The highest BCUT2D eigenvalue weighted by molar-refractivity contribution is 5.31. The zero-order valence-corrected chi connectivity index (χ0v) is 8.82. The second-order valence-electron chi connectivity index (χ2n) is 3.77. The molecule has 1 aliphatic heterocycles. The van der Waals surface area contributed by atoms with Crippen molar-refractivity contribution in [3.8, 4) is 5.75 Å². The fourth-order valence-corrected chi connectivity index (χ4v) is 1.83. The summed E-state index contributed by atoms with van der Waals surface area (Å²) in [5.41, 5.74) is 6.70. The van der Waals surface area contributed by atoms with Gasteiger partial charge in [0.15, 0.2) is 0 Å². The number of nitrogens with two attached hydrogens (primary N) is 1. The predicted molar refractivity (Wildman–Crippen MR) is 59.2 cm³/mol. The molecule has 1 saturated heterocycles. The smallest absolute Gasteiger partial charge is 0.119 e. The molecule has 1 aromatic carbocycles. The first-order valence-electron chi connectivity index (χ1n) is 5.40. The Bertz CT molecular complexity index is 308. The van der Waals surface area contributed by atoms with Crippen molar-refractivity contribution < 1.29 is 9.47 Å². The molecule has 1 aliphatic rings. The number of hydrogen-bond acceptors (Lipinski definition) is 3. The molecule has 1 fully saturated rings. The number of rotatable bonds is 4. The number of ether oxygens (including phenoxy) is 2. The van der Waals surface area contributed by atoms with Crippen LogP contribution in [0, 0.1) is 0 Å². The maximum Gasteiger partial charge on any atom is 0.119 e. The molecule has 1 atom stereocenters. The minimum atomic E-state index is 0.534. The van der Waals surface area contributed by atoms with Crippen molar-refractivity contribution in [3.63, 3.8) is 0 Å². The van der Waals surface area contributed by atoms with Crippen molar-refractivity contribution in [2.75, 3.05) is 26.4 Å². The van der Waals surface area contributed by atoms with E-state index in [2.05, 4.69) is 12.1 Å². The molecular formula is C12H17NO2. The standard InChI is InChI=1S/C12H17NO2/c13-5-7-15-12-3-1-2-10(8-12)11-4-6-14-9-11/h1-3,8,11H,4-7,9,13H2. The SMILES string of the molecule is NCCOc1cccc(C2CCOC2)c1. The van der Waals surface area contributed by atoms with Crippen LogP contribution in [0.5, 0.6) is 5.75 Å². The molecule has 1 aromatic rings. The molecule has 0 aliphatic carbocycles. The van der Waals surface area contributed by atoms with E-state index < -0.39 is 0 Å². The van der Waals surface area contributed by atoms with Crippen LogP contribution in [0.1, 0.15) is 17.9 Å². The minimum Gasteiger partial charge on any atom is -0.492 e. The third-order valence-corrected chi connectivity index (χ3v) is 2.65. The summed E-state index contributed by atoms with van der Waals surface area (Å²) in [4.78, 5) is 0. The van der Waals surface area contributed by atoms with Gasteiger partial charge in [-0.15, -0.1) is 0 Å². The summed E-state index contributed by atoms with van der Waals surface area (Å²) in [6.07, 6.45) is 1.11.